The van der Waals surface area contributed by atoms with E-state index in [0.717, 1.165) is 35.2 Å². The zero-order chi connectivity index (χ0) is 24.5. The molecule has 34 heavy (non-hydrogen) atoms. The summed E-state index contributed by atoms with van der Waals surface area (Å²) in [5.74, 6) is 0.666. The number of rotatable bonds is 7. The fraction of sp³-hybridized carbons (Fsp3) is 0.440. The van der Waals surface area contributed by atoms with Gasteiger partial charge in [-0.1, -0.05) is 23.7 Å². The normalized spacial score (nSPS) is 18.8. The van der Waals surface area contributed by atoms with Gasteiger partial charge in [0.15, 0.2) is 0 Å². The van der Waals surface area contributed by atoms with Crippen molar-refractivity contribution in [2.24, 2.45) is 0 Å². The molecule has 0 aliphatic heterocycles. The maximum atomic E-state index is 12.7. The Balaban J connectivity index is 1.51. The molecule has 0 saturated heterocycles. The minimum atomic E-state index is -2.45. The third kappa shape index (κ3) is 5.48. The molecule has 2 heterocycles. The van der Waals surface area contributed by atoms with Crippen molar-refractivity contribution >= 4 is 46.9 Å². The summed E-state index contributed by atoms with van der Waals surface area (Å²) in [7, 11) is 1.87. The maximum absolute atomic E-state index is 12.7. The molecule has 7 nitrogen and oxygen atoms in total. The molecule has 0 amide bonds. The Labute approximate surface area is 207 Å². The fourth-order valence-corrected chi connectivity index (χ4v) is 5.97. The molecule has 0 unspecified atom stereocenters. The van der Waals surface area contributed by atoms with Gasteiger partial charge in [0, 0.05) is 23.1 Å². The zero-order valence-corrected chi connectivity index (χ0v) is 22.2. The predicted molar refractivity (Wildman–Crippen MR) is 143 cm³/mol. The molecule has 1 aromatic carbocycles. The molecule has 1 aliphatic rings. The molecule has 2 N–H and O–H groups in total. The van der Waals surface area contributed by atoms with Gasteiger partial charge in [-0.15, -0.1) is 0 Å². The number of hydrogen-bond acceptors (Lipinski definition) is 6. The smallest absolute Gasteiger partial charge is 0.132 e. The summed E-state index contributed by atoms with van der Waals surface area (Å²) < 4.78 is 14.9. The van der Waals surface area contributed by atoms with Gasteiger partial charge in [-0.2, -0.15) is 5.10 Å². The number of benzene rings is 1. The fourth-order valence-electron chi connectivity index (χ4n) is 4.67. The number of anilines is 4. The first-order valence-corrected chi connectivity index (χ1v) is 14.7. The van der Waals surface area contributed by atoms with Gasteiger partial charge >= 0.3 is 0 Å². The van der Waals surface area contributed by atoms with Crippen LogP contribution in [0.3, 0.4) is 0 Å². The van der Waals surface area contributed by atoms with Crippen LogP contribution < -0.4 is 15.9 Å². The third-order valence-corrected chi connectivity index (χ3v) is 8.51. The number of nitrogens with zero attached hydrogens (tertiary/aromatic N) is 4. The van der Waals surface area contributed by atoms with E-state index < -0.39 is 7.14 Å². The van der Waals surface area contributed by atoms with Crippen LogP contribution in [0.25, 0.3) is 0 Å². The number of pyridine rings is 1. The predicted octanol–water partition coefficient (Wildman–Crippen LogP) is 6.02. The molecule has 0 radical (unpaired) electrons. The van der Waals surface area contributed by atoms with Crippen LogP contribution in [0, 0.1) is 6.92 Å². The van der Waals surface area contributed by atoms with E-state index in [0.29, 0.717) is 28.6 Å². The molecule has 0 atom stereocenters. The van der Waals surface area contributed by atoms with Crippen molar-refractivity contribution in [3.8, 4) is 0 Å². The summed E-state index contributed by atoms with van der Waals surface area (Å²) in [5.41, 5.74) is 3.52. The van der Waals surface area contributed by atoms with Crippen LogP contribution in [0.1, 0.15) is 37.4 Å². The average molecular weight is 501 g/mol. The first kappa shape index (κ1) is 24.8. The Hall–Kier alpha value is -2.34. The van der Waals surface area contributed by atoms with Gasteiger partial charge in [0.25, 0.3) is 0 Å². The molecule has 182 valence electrons. The summed E-state index contributed by atoms with van der Waals surface area (Å²) in [4.78, 5) is 6.79. The van der Waals surface area contributed by atoms with Crippen molar-refractivity contribution < 1.29 is 4.57 Å². The van der Waals surface area contributed by atoms with Gasteiger partial charge in [0.2, 0.25) is 0 Å². The number of aromatic nitrogens is 3. The van der Waals surface area contributed by atoms with Crippen LogP contribution in [0.5, 0.6) is 0 Å². The van der Waals surface area contributed by atoms with Crippen molar-refractivity contribution in [1.82, 2.24) is 19.7 Å². The van der Waals surface area contributed by atoms with Gasteiger partial charge in [0.05, 0.1) is 40.5 Å². The van der Waals surface area contributed by atoms with Crippen molar-refractivity contribution in [2.75, 3.05) is 38.1 Å². The highest BCUT2D eigenvalue weighted by Crippen LogP contribution is 2.39. The Kier molecular flexibility index (Phi) is 7.36. The summed E-state index contributed by atoms with van der Waals surface area (Å²) in [6.45, 7) is 5.63. The summed E-state index contributed by atoms with van der Waals surface area (Å²) >= 11 is 6.44. The van der Waals surface area contributed by atoms with E-state index in [9.17, 15) is 4.57 Å². The largest absolute Gasteiger partial charge is 0.354 e. The van der Waals surface area contributed by atoms with E-state index in [4.69, 9.17) is 16.7 Å². The highest BCUT2D eigenvalue weighted by molar-refractivity contribution is 7.70. The molecular weight excluding hydrogens is 467 g/mol. The van der Waals surface area contributed by atoms with E-state index in [1.807, 2.05) is 36.5 Å². The van der Waals surface area contributed by atoms with Gasteiger partial charge in [-0.3, -0.25) is 4.68 Å². The molecule has 2 aromatic heterocycles. The zero-order valence-electron chi connectivity index (χ0n) is 20.5. The number of hydrogen-bond donors (Lipinski definition) is 2. The third-order valence-electron chi connectivity index (χ3n) is 6.66. The van der Waals surface area contributed by atoms with Gasteiger partial charge < -0.3 is 20.1 Å². The molecule has 0 bridgehead atoms. The number of halogens is 1. The second-order valence-electron chi connectivity index (χ2n) is 9.68. The van der Waals surface area contributed by atoms with Crippen LogP contribution in [-0.4, -0.2) is 53.1 Å². The van der Waals surface area contributed by atoms with E-state index in [1.54, 1.807) is 19.5 Å². The van der Waals surface area contributed by atoms with Crippen LogP contribution in [-0.2, 0) is 4.57 Å². The van der Waals surface area contributed by atoms with Crippen LogP contribution in [0.2, 0.25) is 5.02 Å². The SMILES string of the molecule is Cc1c(Nc2cc(Nc3ccccc3P(C)(C)=O)c(Cl)cn2)cnn1C1CCC(N(C)C)CC1. The molecule has 3 aromatic rings. The Morgan fingerprint density at radius 1 is 1.03 bits per heavy atom. The summed E-state index contributed by atoms with van der Waals surface area (Å²) in [5, 5.41) is 12.7. The highest BCUT2D eigenvalue weighted by Gasteiger charge is 2.25. The van der Waals surface area contributed by atoms with Crippen molar-refractivity contribution in [3.63, 3.8) is 0 Å². The lowest BCUT2D eigenvalue weighted by atomic mass is 9.90. The minimum absolute atomic E-state index is 0.428. The molecule has 9 heteroatoms. The van der Waals surface area contributed by atoms with Crippen molar-refractivity contribution in [1.29, 1.82) is 0 Å². The number of nitrogens with one attached hydrogen (secondary N) is 2. The standard InChI is InChI=1S/C25H34ClN6OP/c1-17-23(16-28-32(17)19-12-10-18(11-13-19)31(2)3)30-25-14-22(20(26)15-27-25)29-21-8-6-7-9-24(21)34(4,5)33/h6-9,14-16,18-19H,10-13H2,1-5H3,(H2,27,29,30). The van der Waals surface area contributed by atoms with Crippen molar-refractivity contribution in [3.05, 3.63) is 53.4 Å². The first-order valence-electron chi connectivity index (χ1n) is 11.7. The summed E-state index contributed by atoms with van der Waals surface area (Å²) in [6.07, 6.45) is 8.15. The quantitative estimate of drug-likeness (QED) is 0.386. The van der Waals surface area contributed by atoms with Crippen LogP contribution in [0.4, 0.5) is 22.9 Å². The molecule has 1 saturated carbocycles. The maximum Gasteiger partial charge on any atom is 0.132 e. The van der Waals surface area contributed by atoms with E-state index in [1.165, 1.54) is 12.8 Å². The van der Waals surface area contributed by atoms with Gasteiger partial charge in [0.1, 0.15) is 13.0 Å². The molecule has 1 aliphatic carbocycles. The average Bonchev–Trinajstić information content (AvgIpc) is 3.15. The Morgan fingerprint density at radius 3 is 2.41 bits per heavy atom. The Morgan fingerprint density at radius 2 is 1.74 bits per heavy atom. The summed E-state index contributed by atoms with van der Waals surface area (Å²) in [6, 6.07) is 10.6. The van der Waals surface area contributed by atoms with Gasteiger partial charge in [-0.05, 0) is 72.2 Å². The van der Waals surface area contributed by atoms with Crippen molar-refractivity contribution in [2.45, 2.75) is 44.7 Å². The lowest BCUT2D eigenvalue weighted by Crippen LogP contribution is -2.33. The molecule has 0 spiro atoms. The second-order valence-corrected chi connectivity index (χ2v) is 13.3. The van der Waals surface area contributed by atoms with Crippen LogP contribution >= 0.6 is 18.7 Å². The Bertz CT molecular complexity index is 1200. The number of para-hydroxylation sites is 1. The lowest BCUT2D eigenvalue weighted by Gasteiger charge is -2.33. The monoisotopic (exact) mass is 500 g/mol. The topological polar surface area (TPSA) is 75.1 Å². The molecule has 1 fully saturated rings. The van der Waals surface area contributed by atoms with Crippen LogP contribution in [0.15, 0.2) is 42.7 Å². The lowest BCUT2D eigenvalue weighted by molar-refractivity contribution is 0.188. The second kappa shape index (κ2) is 10.1. The molecule has 4 rings (SSSR count). The minimum Gasteiger partial charge on any atom is -0.354 e. The van der Waals surface area contributed by atoms with E-state index in [-0.39, 0.29) is 0 Å². The first-order chi connectivity index (χ1) is 16.1. The van der Waals surface area contributed by atoms with E-state index >= 15 is 0 Å². The van der Waals surface area contributed by atoms with E-state index in [2.05, 4.69) is 46.2 Å². The highest BCUT2D eigenvalue weighted by atomic mass is 35.5. The van der Waals surface area contributed by atoms with Gasteiger partial charge in [-0.25, -0.2) is 4.98 Å². The molecular formula is C25H34ClN6OP.